The minimum atomic E-state index is 0.0803. The van der Waals surface area contributed by atoms with E-state index in [-0.39, 0.29) is 5.91 Å². The van der Waals surface area contributed by atoms with Gasteiger partial charge in [-0.05, 0) is 48.1 Å². The molecule has 0 atom stereocenters. The summed E-state index contributed by atoms with van der Waals surface area (Å²) in [7, 11) is 1.66. The van der Waals surface area contributed by atoms with Gasteiger partial charge in [0.15, 0.2) is 0 Å². The zero-order valence-corrected chi connectivity index (χ0v) is 14.5. The second kappa shape index (κ2) is 8.06. The van der Waals surface area contributed by atoms with Gasteiger partial charge in [0.2, 0.25) is 5.91 Å². The third-order valence-electron chi connectivity index (χ3n) is 3.94. The normalized spacial score (nSPS) is 13.9. The molecule has 0 radical (unpaired) electrons. The summed E-state index contributed by atoms with van der Waals surface area (Å²) in [6.07, 6.45) is 3.88. The summed E-state index contributed by atoms with van der Waals surface area (Å²) >= 11 is 1.56. The number of thioether (sulfide) groups is 1. The van der Waals surface area contributed by atoms with Gasteiger partial charge in [-0.1, -0.05) is 42.1 Å². The number of hydrogen-bond acceptors (Lipinski definition) is 3. The Balaban J connectivity index is 1.61. The van der Waals surface area contributed by atoms with Crippen LogP contribution in [0.15, 0.2) is 71.0 Å². The molecule has 0 saturated heterocycles. The molecule has 2 aromatic rings. The van der Waals surface area contributed by atoms with Gasteiger partial charge in [0.25, 0.3) is 0 Å². The Morgan fingerprint density at radius 1 is 1.17 bits per heavy atom. The predicted molar refractivity (Wildman–Crippen MR) is 98.0 cm³/mol. The molecule has 4 heteroatoms. The number of carbonyl (C=O) groups is 1. The van der Waals surface area contributed by atoms with Crippen LogP contribution < -0.4 is 4.74 Å². The van der Waals surface area contributed by atoms with Crippen molar-refractivity contribution in [3.63, 3.8) is 0 Å². The summed E-state index contributed by atoms with van der Waals surface area (Å²) in [5, 5.41) is 1.88. The number of amides is 1. The monoisotopic (exact) mass is 339 g/mol. The van der Waals surface area contributed by atoms with Crippen LogP contribution in [0.4, 0.5) is 0 Å². The van der Waals surface area contributed by atoms with Gasteiger partial charge in [-0.15, -0.1) is 0 Å². The number of methoxy groups -OCH3 is 1. The molecule has 1 fully saturated rings. The summed E-state index contributed by atoms with van der Waals surface area (Å²) in [4.78, 5) is 15.6. The van der Waals surface area contributed by atoms with Crippen molar-refractivity contribution in [2.24, 2.45) is 0 Å². The van der Waals surface area contributed by atoms with Crippen molar-refractivity contribution in [3.8, 4) is 5.75 Å². The molecular weight excluding hydrogens is 318 g/mol. The zero-order chi connectivity index (χ0) is 16.8. The van der Waals surface area contributed by atoms with Crippen molar-refractivity contribution in [1.82, 2.24) is 4.90 Å². The fourth-order valence-electron chi connectivity index (χ4n) is 2.47. The molecule has 0 unspecified atom stereocenters. The third kappa shape index (κ3) is 4.65. The van der Waals surface area contributed by atoms with Crippen LogP contribution in [-0.2, 0) is 11.3 Å². The molecule has 3 rings (SSSR count). The molecule has 0 N–H and O–H groups in total. The van der Waals surface area contributed by atoms with Crippen molar-refractivity contribution in [2.75, 3.05) is 7.11 Å². The van der Waals surface area contributed by atoms with Crippen LogP contribution in [0.3, 0.4) is 0 Å². The molecule has 0 heterocycles. The van der Waals surface area contributed by atoms with Crippen molar-refractivity contribution >= 4 is 17.7 Å². The molecule has 3 nitrogen and oxygen atoms in total. The lowest BCUT2D eigenvalue weighted by atomic mass is 10.2. The van der Waals surface area contributed by atoms with Crippen molar-refractivity contribution in [2.45, 2.75) is 30.3 Å². The van der Waals surface area contributed by atoms with Gasteiger partial charge < -0.3 is 9.64 Å². The first kappa shape index (κ1) is 16.7. The minimum absolute atomic E-state index is 0.0803. The molecule has 1 saturated carbocycles. The molecule has 0 aromatic heterocycles. The molecule has 0 bridgehead atoms. The average Bonchev–Trinajstić information content (AvgIpc) is 3.46. The highest BCUT2D eigenvalue weighted by atomic mass is 32.2. The highest BCUT2D eigenvalue weighted by Crippen LogP contribution is 2.29. The van der Waals surface area contributed by atoms with Gasteiger partial charge in [-0.2, -0.15) is 0 Å². The predicted octanol–water partition coefficient (Wildman–Crippen LogP) is 4.49. The summed E-state index contributed by atoms with van der Waals surface area (Å²) < 4.78 is 5.18. The van der Waals surface area contributed by atoms with Crippen molar-refractivity contribution in [1.29, 1.82) is 0 Å². The first-order chi connectivity index (χ1) is 11.8. The maximum absolute atomic E-state index is 12.5. The van der Waals surface area contributed by atoms with Gasteiger partial charge in [0, 0.05) is 23.6 Å². The standard InChI is InChI=1S/C20H21NO2S/c1-23-18-11-7-16(8-12-18)15-21(17-9-10-17)20(22)13-14-24-19-5-3-2-4-6-19/h2-8,11-14,17H,9-10,15H2,1H3/b14-13+. The fraction of sp³-hybridized carbons (Fsp3) is 0.250. The molecule has 0 spiro atoms. The quantitative estimate of drug-likeness (QED) is 0.550. The Hall–Kier alpha value is -2.20. The first-order valence-electron chi connectivity index (χ1n) is 8.08. The number of ether oxygens (including phenoxy) is 1. The van der Waals surface area contributed by atoms with E-state index in [1.807, 2.05) is 64.9 Å². The summed E-state index contributed by atoms with van der Waals surface area (Å²) in [5.74, 6) is 0.916. The Kier molecular flexibility index (Phi) is 5.59. The topological polar surface area (TPSA) is 29.5 Å². The van der Waals surface area contributed by atoms with Crippen LogP contribution in [0.1, 0.15) is 18.4 Å². The van der Waals surface area contributed by atoms with Gasteiger partial charge in [-0.25, -0.2) is 0 Å². The van der Waals surface area contributed by atoms with E-state index >= 15 is 0 Å². The van der Waals surface area contributed by atoms with Crippen LogP contribution in [0, 0.1) is 0 Å². The Morgan fingerprint density at radius 3 is 2.50 bits per heavy atom. The van der Waals surface area contributed by atoms with E-state index in [2.05, 4.69) is 0 Å². The molecule has 2 aromatic carbocycles. The van der Waals surface area contributed by atoms with Crippen LogP contribution in [0.5, 0.6) is 5.75 Å². The van der Waals surface area contributed by atoms with E-state index in [1.165, 1.54) is 0 Å². The lowest BCUT2D eigenvalue weighted by Crippen LogP contribution is -2.31. The first-order valence-corrected chi connectivity index (χ1v) is 8.96. The van der Waals surface area contributed by atoms with Crippen LogP contribution >= 0.6 is 11.8 Å². The Bertz CT molecular complexity index is 693. The number of hydrogen-bond donors (Lipinski definition) is 0. The Labute approximate surface area is 147 Å². The zero-order valence-electron chi connectivity index (χ0n) is 13.7. The van der Waals surface area contributed by atoms with Crippen LogP contribution in [-0.4, -0.2) is 24.0 Å². The molecule has 24 heavy (non-hydrogen) atoms. The van der Waals surface area contributed by atoms with E-state index < -0.39 is 0 Å². The highest BCUT2D eigenvalue weighted by molar-refractivity contribution is 8.02. The molecule has 124 valence electrons. The second-order valence-electron chi connectivity index (χ2n) is 5.78. The van der Waals surface area contributed by atoms with Crippen molar-refractivity contribution < 1.29 is 9.53 Å². The second-order valence-corrected chi connectivity index (χ2v) is 6.76. The average molecular weight is 339 g/mol. The molecule has 1 aliphatic rings. The van der Waals surface area contributed by atoms with Gasteiger partial charge in [0.05, 0.1) is 7.11 Å². The lowest BCUT2D eigenvalue weighted by Gasteiger charge is -2.21. The number of carbonyl (C=O) groups excluding carboxylic acids is 1. The highest BCUT2D eigenvalue weighted by Gasteiger charge is 2.31. The van der Waals surface area contributed by atoms with Crippen molar-refractivity contribution in [3.05, 3.63) is 71.6 Å². The largest absolute Gasteiger partial charge is 0.497 e. The van der Waals surface area contributed by atoms with Gasteiger partial charge >= 0.3 is 0 Å². The number of benzene rings is 2. The number of nitrogens with zero attached hydrogens (tertiary/aromatic N) is 1. The molecule has 0 aliphatic heterocycles. The van der Waals surface area contributed by atoms with E-state index in [4.69, 9.17) is 4.74 Å². The minimum Gasteiger partial charge on any atom is -0.497 e. The van der Waals surface area contributed by atoms with Gasteiger partial charge in [0.1, 0.15) is 5.75 Å². The third-order valence-corrected chi connectivity index (χ3v) is 4.76. The fourth-order valence-corrected chi connectivity index (χ4v) is 3.12. The molecular formula is C20H21NO2S. The Morgan fingerprint density at radius 2 is 1.88 bits per heavy atom. The molecule has 1 amide bonds. The van der Waals surface area contributed by atoms with Gasteiger partial charge in [-0.3, -0.25) is 4.79 Å². The maximum Gasteiger partial charge on any atom is 0.247 e. The maximum atomic E-state index is 12.5. The van der Waals surface area contributed by atoms with E-state index in [1.54, 1.807) is 24.9 Å². The number of rotatable bonds is 7. The van der Waals surface area contributed by atoms with E-state index in [9.17, 15) is 4.79 Å². The summed E-state index contributed by atoms with van der Waals surface area (Å²) in [6.45, 7) is 0.647. The van der Waals surface area contributed by atoms with E-state index in [0.29, 0.717) is 12.6 Å². The summed E-state index contributed by atoms with van der Waals surface area (Å²) in [5.41, 5.74) is 1.13. The SMILES string of the molecule is COc1ccc(CN(C(=O)/C=C/Sc2ccccc2)C2CC2)cc1. The molecule has 1 aliphatic carbocycles. The van der Waals surface area contributed by atoms with Crippen LogP contribution in [0.2, 0.25) is 0 Å². The van der Waals surface area contributed by atoms with E-state index in [0.717, 1.165) is 29.1 Å². The lowest BCUT2D eigenvalue weighted by molar-refractivity contribution is -0.127. The summed E-state index contributed by atoms with van der Waals surface area (Å²) in [6, 6.07) is 18.3. The smallest absolute Gasteiger partial charge is 0.247 e. The van der Waals surface area contributed by atoms with Crippen LogP contribution in [0.25, 0.3) is 0 Å².